The molecule has 7 nitrogen and oxygen atoms in total. The second-order valence-corrected chi connectivity index (χ2v) is 8.89. The minimum absolute atomic E-state index is 0.164. The summed E-state index contributed by atoms with van der Waals surface area (Å²) in [4.78, 5) is 15.0. The Bertz CT molecular complexity index is 913. The van der Waals surface area contributed by atoms with E-state index >= 15 is 0 Å². The van der Waals surface area contributed by atoms with Crippen LogP contribution in [-0.2, 0) is 21.3 Å². The predicted octanol–water partition coefficient (Wildman–Crippen LogP) is 1.71. The van der Waals surface area contributed by atoms with Crippen LogP contribution in [0.25, 0.3) is 0 Å². The number of morpholine rings is 1. The van der Waals surface area contributed by atoms with Crippen molar-refractivity contribution >= 4 is 21.6 Å². The fourth-order valence-corrected chi connectivity index (χ4v) is 4.16. The lowest BCUT2D eigenvalue weighted by atomic mass is 10.1. The van der Waals surface area contributed by atoms with Gasteiger partial charge in [0.15, 0.2) is 0 Å². The van der Waals surface area contributed by atoms with Crippen LogP contribution in [-0.4, -0.2) is 64.9 Å². The lowest BCUT2D eigenvalue weighted by Gasteiger charge is -2.27. The fraction of sp³-hybridized carbons (Fsp3) is 0.381. The number of para-hydroxylation sites is 1. The first kappa shape index (κ1) is 21.3. The number of benzene rings is 2. The van der Waals surface area contributed by atoms with Crippen LogP contribution in [0.5, 0.6) is 0 Å². The molecule has 1 aliphatic heterocycles. The molecule has 2 aromatic carbocycles. The second-order valence-electron chi connectivity index (χ2n) is 6.98. The monoisotopic (exact) mass is 417 g/mol. The van der Waals surface area contributed by atoms with E-state index in [0.29, 0.717) is 31.0 Å². The molecule has 0 bridgehead atoms. The lowest BCUT2D eigenvalue weighted by Crippen LogP contribution is -2.41. The van der Waals surface area contributed by atoms with Crippen molar-refractivity contribution < 1.29 is 17.9 Å². The smallest absolute Gasteiger partial charge is 0.253 e. The van der Waals surface area contributed by atoms with Crippen LogP contribution in [0.15, 0.2) is 54.6 Å². The number of rotatable bonds is 8. The van der Waals surface area contributed by atoms with Crippen LogP contribution < -0.4 is 9.62 Å². The largest absolute Gasteiger partial charge is 0.379 e. The average molecular weight is 418 g/mol. The van der Waals surface area contributed by atoms with Gasteiger partial charge in [-0.1, -0.05) is 42.5 Å². The maximum Gasteiger partial charge on any atom is 0.253 e. The summed E-state index contributed by atoms with van der Waals surface area (Å²) in [6.45, 7) is 4.51. The highest BCUT2D eigenvalue weighted by Gasteiger charge is 2.23. The van der Waals surface area contributed by atoms with E-state index in [2.05, 4.69) is 10.2 Å². The molecule has 0 radical (unpaired) electrons. The van der Waals surface area contributed by atoms with Gasteiger partial charge < -0.3 is 10.1 Å². The highest BCUT2D eigenvalue weighted by atomic mass is 32.2. The van der Waals surface area contributed by atoms with Crippen molar-refractivity contribution in [3.8, 4) is 0 Å². The van der Waals surface area contributed by atoms with Crippen LogP contribution in [0.1, 0.15) is 15.9 Å². The third-order valence-corrected chi connectivity index (χ3v) is 5.93. The number of carbonyl (C=O) groups is 1. The van der Waals surface area contributed by atoms with Gasteiger partial charge in [-0.05, 0) is 17.7 Å². The Morgan fingerprint density at radius 1 is 1.07 bits per heavy atom. The zero-order chi connectivity index (χ0) is 20.7. The van der Waals surface area contributed by atoms with Gasteiger partial charge in [-0.2, -0.15) is 0 Å². The first-order valence-electron chi connectivity index (χ1n) is 9.64. The summed E-state index contributed by atoms with van der Waals surface area (Å²) < 4.78 is 31.6. The SMILES string of the molecule is CS(=O)(=O)N(Cc1ccccc1)c1ccccc1C(=O)NCCN1CCOCC1. The molecule has 1 saturated heterocycles. The molecule has 0 aliphatic carbocycles. The van der Waals surface area contributed by atoms with Gasteiger partial charge >= 0.3 is 0 Å². The van der Waals surface area contributed by atoms with Crippen molar-refractivity contribution in [1.29, 1.82) is 0 Å². The van der Waals surface area contributed by atoms with E-state index in [1.165, 1.54) is 4.31 Å². The standard InChI is InChI=1S/C21H27N3O4S/c1-29(26,27)24(17-18-7-3-2-4-8-18)20-10-6-5-9-19(20)21(25)22-11-12-23-13-15-28-16-14-23/h2-10H,11-17H2,1H3,(H,22,25). The molecule has 1 N–H and O–H groups in total. The minimum Gasteiger partial charge on any atom is -0.379 e. The third kappa shape index (κ3) is 6.03. The lowest BCUT2D eigenvalue weighted by molar-refractivity contribution is 0.0383. The summed E-state index contributed by atoms with van der Waals surface area (Å²) in [7, 11) is -3.58. The van der Waals surface area contributed by atoms with Gasteiger partial charge in [0, 0.05) is 26.2 Å². The van der Waals surface area contributed by atoms with Gasteiger partial charge in [-0.3, -0.25) is 14.0 Å². The molecule has 8 heteroatoms. The van der Waals surface area contributed by atoms with Crippen LogP contribution >= 0.6 is 0 Å². The molecule has 0 saturated carbocycles. The fourth-order valence-electron chi connectivity index (χ4n) is 3.26. The quantitative estimate of drug-likeness (QED) is 0.708. The molecule has 2 aromatic rings. The van der Waals surface area contributed by atoms with Gasteiger partial charge in [0.2, 0.25) is 10.0 Å². The van der Waals surface area contributed by atoms with Gasteiger partial charge in [-0.15, -0.1) is 0 Å². The highest BCUT2D eigenvalue weighted by Crippen LogP contribution is 2.25. The van der Waals surface area contributed by atoms with Crippen molar-refractivity contribution in [2.45, 2.75) is 6.54 Å². The Morgan fingerprint density at radius 3 is 2.41 bits per heavy atom. The Kier molecular flexibility index (Phi) is 7.24. The molecule has 0 spiro atoms. The van der Waals surface area contributed by atoms with E-state index in [1.54, 1.807) is 24.3 Å². The van der Waals surface area contributed by atoms with Crippen LogP contribution in [0, 0.1) is 0 Å². The normalized spacial score (nSPS) is 15.1. The van der Waals surface area contributed by atoms with E-state index < -0.39 is 10.0 Å². The zero-order valence-electron chi connectivity index (χ0n) is 16.6. The molecule has 0 unspecified atom stereocenters. The highest BCUT2D eigenvalue weighted by molar-refractivity contribution is 7.92. The summed E-state index contributed by atoms with van der Waals surface area (Å²) in [5, 5.41) is 2.91. The Hall–Kier alpha value is -2.42. The van der Waals surface area contributed by atoms with Crippen molar-refractivity contribution in [1.82, 2.24) is 10.2 Å². The summed E-state index contributed by atoms with van der Waals surface area (Å²) in [5.41, 5.74) is 1.57. The number of ether oxygens (including phenoxy) is 1. The van der Waals surface area contributed by atoms with E-state index in [-0.39, 0.29) is 12.5 Å². The molecule has 0 aromatic heterocycles. The van der Waals surface area contributed by atoms with Gasteiger partial charge in [0.1, 0.15) is 0 Å². The van der Waals surface area contributed by atoms with Crippen LogP contribution in [0.2, 0.25) is 0 Å². The van der Waals surface area contributed by atoms with E-state index in [4.69, 9.17) is 4.74 Å². The van der Waals surface area contributed by atoms with E-state index in [1.807, 2.05) is 30.3 Å². The maximum atomic E-state index is 12.8. The van der Waals surface area contributed by atoms with Crippen molar-refractivity contribution in [3.63, 3.8) is 0 Å². The Morgan fingerprint density at radius 2 is 1.72 bits per heavy atom. The number of hydrogen-bond acceptors (Lipinski definition) is 5. The molecule has 3 rings (SSSR count). The molecule has 29 heavy (non-hydrogen) atoms. The molecule has 1 amide bonds. The molecule has 156 valence electrons. The molecule has 1 heterocycles. The number of carbonyl (C=O) groups excluding carboxylic acids is 1. The topological polar surface area (TPSA) is 79.0 Å². The molecular formula is C21H27N3O4S. The molecular weight excluding hydrogens is 390 g/mol. The number of nitrogens with one attached hydrogen (secondary N) is 1. The first-order chi connectivity index (χ1) is 13.9. The van der Waals surface area contributed by atoms with E-state index in [9.17, 15) is 13.2 Å². The maximum absolute atomic E-state index is 12.8. The second kappa shape index (κ2) is 9.87. The number of hydrogen-bond donors (Lipinski definition) is 1. The van der Waals surface area contributed by atoms with Gasteiger partial charge in [0.05, 0.1) is 37.3 Å². The summed E-state index contributed by atoms with van der Waals surface area (Å²) >= 11 is 0. The number of anilines is 1. The van der Waals surface area contributed by atoms with Crippen LogP contribution in [0.3, 0.4) is 0 Å². The molecule has 1 fully saturated rings. The first-order valence-corrected chi connectivity index (χ1v) is 11.5. The van der Waals surface area contributed by atoms with Gasteiger partial charge in [0.25, 0.3) is 5.91 Å². The van der Waals surface area contributed by atoms with Crippen molar-refractivity contribution in [3.05, 3.63) is 65.7 Å². The molecule has 0 atom stereocenters. The number of amides is 1. The molecule has 1 aliphatic rings. The minimum atomic E-state index is -3.58. The zero-order valence-corrected chi connectivity index (χ0v) is 17.4. The summed E-state index contributed by atoms with van der Waals surface area (Å²) in [6.07, 6.45) is 1.16. The predicted molar refractivity (Wildman–Crippen MR) is 114 cm³/mol. The average Bonchev–Trinajstić information content (AvgIpc) is 2.73. The van der Waals surface area contributed by atoms with Crippen molar-refractivity contribution in [2.24, 2.45) is 0 Å². The van der Waals surface area contributed by atoms with Gasteiger partial charge in [-0.25, -0.2) is 8.42 Å². The summed E-state index contributed by atoms with van der Waals surface area (Å²) in [6, 6.07) is 16.1. The third-order valence-electron chi connectivity index (χ3n) is 4.80. The Labute approximate surface area is 172 Å². The number of sulfonamides is 1. The van der Waals surface area contributed by atoms with Crippen molar-refractivity contribution in [2.75, 3.05) is 50.0 Å². The number of nitrogens with zero attached hydrogens (tertiary/aromatic N) is 2. The van der Waals surface area contributed by atoms with Crippen LogP contribution in [0.4, 0.5) is 5.69 Å². The summed E-state index contributed by atoms with van der Waals surface area (Å²) in [5.74, 6) is -0.282. The Balaban J connectivity index is 1.75. The van der Waals surface area contributed by atoms with E-state index in [0.717, 1.165) is 31.5 Å².